The molecule has 0 bridgehead atoms. The molecule has 206 valence electrons. The Labute approximate surface area is 241 Å². The second-order valence-corrected chi connectivity index (χ2v) is 11.4. The van der Waals surface area contributed by atoms with Crippen LogP contribution in [0.4, 0.5) is 4.39 Å². The van der Waals surface area contributed by atoms with Crippen molar-refractivity contribution < 1.29 is 19.0 Å². The first-order valence-corrected chi connectivity index (χ1v) is 13.8. The van der Waals surface area contributed by atoms with E-state index >= 15 is 4.39 Å². The zero-order chi connectivity index (χ0) is 28.2. The van der Waals surface area contributed by atoms with Crippen LogP contribution in [0.25, 0.3) is 0 Å². The van der Waals surface area contributed by atoms with Crippen molar-refractivity contribution in [3.05, 3.63) is 116 Å². The normalized spacial score (nSPS) is 20.4. The summed E-state index contributed by atoms with van der Waals surface area (Å²) in [6.45, 7) is 1.59. The van der Waals surface area contributed by atoms with E-state index in [9.17, 15) is 9.90 Å². The number of nitrogens with zero attached hydrogens (tertiary/aromatic N) is 4. The van der Waals surface area contributed by atoms with Gasteiger partial charge in [0, 0.05) is 35.6 Å². The molecule has 3 heterocycles. The summed E-state index contributed by atoms with van der Waals surface area (Å²) in [4.78, 5) is 20.2. The molecule has 2 aliphatic rings. The molecule has 2 aromatic carbocycles. The Morgan fingerprint density at radius 3 is 2.42 bits per heavy atom. The van der Waals surface area contributed by atoms with Crippen molar-refractivity contribution >= 4 is 29.1 Å². The van der Waals surface area contributed by atoms with Crippen LogP contribution in [-0.4, -0.2) is 36.8 Å². The molecule has 1 N–H and O–H groups in total. The number of benzene rings is 2. The number of carbonyl (C=O) groups is 1. The van der Waals surface area contributed by atoms with Crippen molar-refractivity contribution in [2.45, 2.75) is 50.2 Å². The number of hydrogen-bond acceptors (Lipinski definition) is 5. The Morgan fingerprint density at radius 1 is 1.10 bits per heavy atom. The van der Waals surface area contributed by atoms with Crippen molar-refractivity contribution in [3.8, 4) is 0 Å². The minimum Gasteiger partial charge on any atom is -0.381 e. The van der Waals surface area contributed by atoms with Gasteiger partial charge < -0.3 is 9.84 Å². The number of hydrogen-bond donors (Lipinski definition) is 1. The highest BCUT2D eigenvalue weighted by Crippen LogP contribution is 2.50. The van der Waals surface area contributed by atoms with Crippen molar-refractivity contribution in [1.29, 1.82) is 0 Å². The van der Waals surface area contributed by atoms with E-state index < -0.39 is 23.1 Å². The minimum absolute atomic E-state index is 0.0355. The summed E-state index contributed by atoms with van der Waals surface area (Å²) in [6, 6.07) is 13.2. The highest BCUT2D eigenvalue weighted by atomic mass is 35.5. The fraction of sp³-hybridized carbons (Fsp3) is 0.300. The third-order valence-corrected chi connectivity index (χ3v) is 8.32. The van der Waals surface area contributed by atoms with Crippen molar-refractivity contribution in [2.75, 3.05) is 0 Å². The van der Waals surface area contributed by atoms with E-state index in [0.717, 1.165) is 19.3 Å². The van der Waals surface area contributed by atoms with Crippen molar-refractivity contribution in [2.24, 2.45) is 7.05 Å². The molecule has 6 rings (SSSR count). The van der Waals surface area contributed by atoms with Gasteiger partial charge in [-0.1, -0.05) is 35.3 Å². The van der Waals surface area contributed by atoms with Crippen LogP contribution in [0.15, 0.2) is 67.1 Å². The van der Waals surface area contributed by atoms with Crippen LogP contribution in [-0.2, 0) is 29.7 Å². The number of ether oxygens (including phenoxy) is 1. The predicted octanol–water partition coefficient (Wildman–Crippen LogP) is 5.94. The fourth-order valence-corrected chi connectivity index (χ4v) is 5.64. The Balaban J connectivity index is 1.57. The van der Waals surface area contributed by atoms with Crippen LogP contribution >= 0.6 is 23.2 Å². The molecule has 2 aromatic heterocycles. The Morgan fingerprint density at radius 2 is 1.82 bits per heavy atom. The maximum Gasteiger partial charge on any atom is 0.257 e. The summed E-state index contributed by atoms with van der Waals surface area (Å²) in [7, 11) is 1.73. The second-order valence-electron chi connectivity index (χ2n) is 10.5. The van der Waals surface area contributed by atoms with Crippen molar-refractivity contribution in [1.82, 2.24) is 19.7 Å². The van der Waals surface area contributed by atoms with Gasteiger partial charge in [0.15, 0.2) is 0 Å². The third-order valence-electron chi connectivity index (χ3n) is 7.85. The quantitative estimate of drug-likeness (QED) is 0.292. The van der Waals surface area contributed by atoms with E-state index in [4.69, 9.17) is 27.9 Å². The zero-order valence-corrected chi connectivity index (χ0v) is 23.5. The van der Waals surface area contributed by atoms with Gasteiger partial charge in [-0.3, -0.25) is 19.4 Å². The summed E-state index contributed by atoms with van der Waals surface area (Å²) in [6.07, 6.45) is 7.07. The molecule has 1 aliphatic carbocycles. The number of rotatable bonds is 7. The zero-order valence-electron chi connectivity index (χ0n) is 21.9. The van der Waals surface area contributed by atoms with Crippen molar-refractivity contribution in [3.63, 3.8) is 0 Å². The number of aryl methyl sites for hydroxylation is 1. The van der Waals surface area contributed by atoms with Gasteiger partial charge in [0.1, 0.15) is 11.4 Å². The average molecular weight is 581 g/mol. The van der Waals surface area contributed by atoms with Crippen LogP contribution < -0.4 is 0 Å². The lowest BCUT2D eigenvalue weighted by Crippen LogP contribution is -2.50. The molecule has 1 fully saturated rings. The summed E-state index contributed by atoms with van der Waals surface area (Å²) < 4.78 is 24.8. The summed E-state index contributed by atoms with van der Waals surface area (Å²) in [5, 5.41) is 16.6. The number of aliphatic hydroxyl groups is 1. The molecule has 40 heavy (non-hydrogen) atoms. The number of aromatic nitrogens is 3. The number of fused-ring (bicyclic) bond motifs is 1. The summed E-state index contributed by atoms with van der Waals surface area (Å²) >= 11 is 12.3. The molecule has 1 unspecified atom stereocenters. The van der Waals surface area contributed by atoms with Crippen LogP contribution in [0.5, 0.6) is 0 Å². The number of halogens is 3. The Hall–Kier alpha value is -3.30. The highest BCUT2D eigenvalue weighted by Gasteiger charge is 2.56. The van der Waals surface area contributed by atoms with E-state index in [2.05, 4.69) is 10.1 Å². The lowest BCUT2D eigenvalue weighted by Gasteiger charge is -2.44. The van der Waals surface area contributed by atoms with E-state index in [-0.39, 0.29) is 29.3 Å². The van der Waals surface area contributed by atoms with Gasteiger partial charge in [0.25, 0.3) is 5.91 Å². The molecule has 10 heteroatoms. The van der Waals surface area contributed by atoms with Gasteiger partial charge in [0.2, 0.25) is 5.72 Å². The standard InChI is InChI=1S/C30H27Cl2FN4O3/c1-29(39,20-14-35-36(2)16-20)19-12-25-27(26(33)13-19)30(40-24-4-3-5-24,18-6-8-21(31)9-7-18)37(28(25)38)17-23-11-10-22(32)15-34-23/h6-16,24,39H,3-5,17H2,1-2H3/t29?,30-/m1/s1. The fourth-order valence-electron chi connectivity index (χ4n) is 5.40. The molecular weight excluding hydrogens is 554 g/mol. The largest absolute Gasteiger partial charge is 0.381 e. The molecule has 0 saturated heterocycles. The summed E-state index contributed by atoms with van der Waals surface area (Å²) in [5.41, 5.74) is -1.14. The maximum absolute atomic E-state index is 16.5. The van der Waals surface area contributed by atoms with E-state index in [1.54, 1.807) is 67.3 Å². The minimum atomic E-state index is -1.60. The van der Waals surface area contributed by atoms with E-state index in [1.165, 1.54) is 23.4 Å². The first kappa shape index (κ1) is 26.9. The van der Waals surface area contributed by atoms with Gasteiger partial charge in [-0.05, 0) is 68.1 Å². The Kier molecular flexibility index (Phi) is 6.70. The monoisotopic (exact) mass is 580 g/mol. The molecular formula is C30H27Cl2FN4O3. The molecule has 2 atom stereocenters. The second kappa shape index (κ2) is 9.96. The SMILES string of the molecule is Cn1cc(C(C)(O)c2cc(F)c3c(c2)C(=O)N(Cc2ccc(Cl)cn2)[C@@]3(OC2CCC2)c2ccc(Cl)cc2)cn1. The number of pyridine rings is 1. The van der Waals surface area contributed by atoms with E-state index in [1.807, 2.05) is 0 Å². The first-order chi connectivity index (χ1) is 19.1. The smallest absolute Gasteiger partial charge is 0.257 e. The third kappa shape index (κ3) is 4.39. The molecule has 7 nitrogen and oxygen atoms in total. The number of amides is 1. The van der Waals surface area contributed by atoms with Crippen LogP contribution in [0.1, 0.15) is 64.5 Å². The van der Waals surface area contributed by atoms with Crippen LogP contribution in [0.2, 0.25) is 10.0 Å². The maximum atomic E-state index is 16.5. The summed E-state index contributed by atoms with van der Waals surface area (Å²) in [5.74, 6) is -1.10. The van der Waals surface area contributed by atoms with E-state index in [0.29, 0.717) is 26.9 Å². The number of carbonyl (C=O) groups excluding carboxylic acids is 1. The average Bonchev–Trinajstić information content (AvgIpc) is 3.44. The molecule has 1 saturated carbocycles. The highest BCUT2D eigenvalue weighted by molar-refractivity contribution is 6.30. The molecule has 0 radical (unpaired) electrons. The Bertz CT molecular complexity index is 1590. The van der Waals surface area contributed by atoms with Gasteiger partial charge in [-0.25, -0.2) is 4.39 Å². The molecule has 1 amide bonds. The lowest BCUT2D eigenvalue weighted by molar-refractivity contribution is -0.169. The van der Waals surface area contributed by atoms with Gasteiger partial charge in [-0.15, -0.1) is 0 Å². The first-order valence-electron chi connectivity index (χ1n) is 13.0. The van der Waals surface area contributed by atoms with Crippen LogP contribution in [0.3, 0.4) is 0 Å². The molecule has 0 spiro atoms. The van der Waals surface area contributed by atoms with Gasteiger partial charge in [-0.2, -0.15) is 5.10 Å². The topological polar surface area (TPSA) is 80.5 Å². The molecule has 1 aliphatic heterocycles. The molecule has 4 aromatic rings. The predicted molar refractivity (Wildman–Crippen MR) is 148 cm³/mol. The van der Waals surface area contributed by atoms with Crippen LogP contribution in [0, 0.1) is 5.82 Å². The van der Waals surface area contributed by atoms with Gasteiger partial charge in [0.05, 0.1) is 40.7 Å². The van der Waals surface area contributed by atoms with Gasteiger partial charge >= 0.3 is 0 Å². The lowest BCUT2D eigenvalue weighted by atomic mass is 9.85.